The van der Waals surface area contributed by atoms with E-state index < -0.39 is 78.7 Å². The first-order valence-corrected chi connectivity index (χ1v) is 10.1. The monoisotopic (exact) mass is 476 g/mol. The van der Waals surface area contributed by atoms with Gasteiger partial charge in [0, 0.05) is 0 Å². The van der Waals surface area contributed by atoms with E-state index in [0.29, 0.717) is 19.4 Å². The quantitative estimate of drug-likeness (QED) is 0.0960. The summed E-state index contributed by atoms with van der Waals surface area (Å²) in [6.45, 7) is 1.48. The van der Waals surface area contributed by atoms with Gasteiger partial charge in [-0.2, -0.15) is 0 Å². The number of nitrogens with one attached hydrogen (secondary N) is 3. The number of amides is 4. The summed E-state index contributed by atoms with van der Waals surface area (Å²) in [4.78, 5) is 70.5. The molecule has 0 aromatic rings. The number of aliphatic hydroxyl groups excluding tert-OH is 1. The van der Waals surface area contributed by atoms with Crippen molar-refractivity contribution in [2.45, 2.75) is 69.3 Å². The number of hydrogen-bond acceptors (Lipinski definition) is 9. The van der Waals surface area contributed by atoms with E-state index in [4.69, 9.17) is 22.3 Å². The molecular weight excluding hydrogens is 444 g/mol. The topological polar surface area (TPSA) is 277 Å². The van der Waals surface area contributed by atoms with E-state index in [-0.39, 0.29) is 6.42 Å². The zero-order valence-electron chi connectivity index (χ0n) is 18.2. The number of carbonyl (C=O) groups is 6. The maximum absolute atomic E-state index is 12.6. The fourth-order valence-corrected chi connectivity index (χ4v) is 2.64. The highest BCUT2D eigenvalue weighted by atomic mass is 16.4. The van der Waals surface area contributed by atoms with Crippen LogP contribution < -0.4 is 33.2 Å². The van der Waals surface area contributed by atoms with E-state index in [1.807, 2.05) is 0 Å². The predicted octanol–water partition coefficient (Wildman–Crippen LogP) is -4.29. The highest BCUT2D eigenvalue weighted by molar-refractivity contribution is 5.96. The molecule has 33 heavy (non-hydrogen) atoms. The van der Waals surface area contributed by atoms with Gasteiger partial charge in [0.25, 0.3) is 0 Å². The number of carboxylic acid groups (broad SMARTS) is 2. The van der Waals surface area contributed by atoms with Crippen molar-refractivity contribution in [2.24, 2.45) is 17.2 Å². The van der Waals surface area contributed by atoms with Crippen molar-refractivity contribution >= 4 is 35.6 Å². The van der Waals surface area contributed by atoms with Crippen LogP contribution >= 0.6 is 0 Å². The highest BCUT2D eigenvalue weighted by Gasteiger charge is 2.33. The van der Waals surface area contributed by atoms with Gasteiger partial charge in [-0.15, -0.1) is 0 Å². The molecule has 0 radical (unpaired) electrons. The molecule has 0 saturated heterocycles. The lowest BCUT2D eigenvalue weighted by Crippen LogP contribution is -2.60. The summed E-state index contributed by atoms with van der Waals surface area (Å²) < 4.78 is 0. The van der Waals surface area contributed by atoms with Gasteiger partial charge in [0.2, 0.25) is 23.6 Å². The molecule has 0 bridgehead atoms. The Morgan fingerprint density at radius 2 is 1.42 bits per heavy atom. The molecule has 0 aliphatic carbocycles. The number of aliphatic hydroxyl groups is 1. The van der Waals surface area contributed by atoms with E-state index in [2.05, 4.69) is 16.0 Å². The van der Waals surface area contributed by atoms with E-state index in [0.717, 1.165) is 6.92 Å². The van der Waals surface area contributed by atoms with E-state index in [1.165, 1.54) is 0 Å². The summed E-state index contributed by atoms with van der Waals surface area (Å²) in [5.41, 5.74) is 15.9. The van der Waals surface area contributed by atoms with Gasteiger partial charge in [0.05, 0.1) is 25.0 Å². The van der Waals surface area contributed by atoms with Gasteiger partial charge in [-0.25, -0.2) is 4.79 Å². The number of hydrogen-bond donors (Lipinski definition) is 9. The Morgan fingerprint density at radius 3 is 1.88 bits per heavy atom. The molecule has 5 atom stereocenters. The molecule has 12 N–H and O–H groups in total. The fourth-order valence-electron chi connectivity index (χ4n) is 2.64. The first-order chi connectivity index (χ1) is 15.3. The van der Waals surface area contributed by atoms with Crippen LogP contribution in [0.25, 0.3) is 0 Å². The number of primary amides is 1. The number of rotatable bonds is 16. The highest BCUT2D eigenvalue weighted by Crippen LogP contribution is 2.04. The van der Waals surface area contributed by atoms with Crippen molar-refractivity contribution in [3.63, 3.8) is 0 Å². The number of nitrogens with two attached hydrogens (primary N) is 3. The third-order valence-electron chi connectivity index (χ3n) is 4.39. The second-order valence-electron chi connectivity index (χ2n) is 7.35. The van der Waals surface area contributed by atoms with Gasteiger partial charge < -0.3 is 48.5 Å². The average molecular weight is 476 g/mol. The molecule has 0 aromatic carbocycles. The molecule has 5 unspecified atom stereocenters. The standard InChI is InChI=1S/C18H32N6O9/c1-8(25)14(17(31)22-10(18(32)33)4-2-3-5-19)24-16(30)11(7-12(21)26)23-15(29)9(20)6-13(27)28/h8-11,14,25H,2-7,19-20H2,1H3,(H2,21,26)(H,22,31)(H,23,29)(H,24,30)(H,27,28)(H,32,33). The molecule has 4 amide bonds. The van der Waals surface area contributed by atoms with Crippen LogP contribution in [0.1, 0.15) is 39.0 Å². The van der Waals surface area contributed by atoms with Crippen molar-refractivity contribution in [1.29, 1.82) is 0 Å². The number of carbonyl (C=O) groups excluding carboxylic acids is 4. The molecule has 0 aliphatic rings. The van der Waals surface area contributed by atoms with Crippen LogP contribution in [0.3, 0.4) is 0 Å². The van der Waals surface area contributed by atoms with Crippen LogP contribution in [0.5, 0.6) is 0 Å². The third-order valence-corrected chi connectivity index (χ3v) is 4.39. The Kier molecular flexibility index (Phi) is 13.2. The lowest BCUT2D eigenvalue weighted by Gasteiger charge is -2.26. The van der Waals surface area contributed by atoms with Gasteiger partial charge >= 0.3 is 11.9 Å². The lowest BCUT2D eigenvalue weighted by molar-refractivity contribution is -0.143. The first kappa shape index (κ1) is 29.7. The van der Waals surface area contributed by atoms with Gasteiger partial charge in [-0.3, -0.25) is 24.0 Å². The summed E-state index contributed by atoms with van der Waals surface area (Å²) >= 11 is 0. The van der Waals surface area contributed by atoms with Crippen molar-refractivity contribution in [3.05, 3.63) is 0 Å². The molecule has 0 saturated carbocycles. The van der Waals surface area contributed by atoms with Crippen LogP contribution in [0.4, 0.5) is 0 Å². The molecule has 0 aromatic heterocycles. The summed E-state index contributed by atoms with van der Waals surface area (Å²) in [6, 6.07) is -6.12. The van der Waals surface area contributed by atoms with E-state index >= 15 is 0 Å². The van der Waals surface area contributed by atoms with Crippen molar-refractivity contribution in [1.82, 2.24) is 16.0 Å². The Morgan fingerprint density at radius 1 is 0.848 bits per heavy atom. The Hall–Kier alpha value is -3.30. The van der Waals surface area contributed by atoms with Gasteiger partial charge in [0.15, 0.2) is 0 Å². The predicted molar refractivity (Wildman–Crippen MR) is 112 cm³/mol. The summed E-state index contributed by atoms with van der Waals surface area (Å²) in [7, 11) is 0. The maximum Gasteiger partial charge on any atom is 0.326 e. The zero-order chi connectivity index (χ0) is 25.7. The van der Waals surface area contributed by atoms with Gasteiger partial charge in [0.1, 0.15) is 18.1 Å². The van der Waals surface area contributed by atoms with Crippen LogP contribution in [0.2, 0.25) is 0 Å². The molecule has 0 rings (SSSR count). The summed E-state index contributed by atoms with van der Waals surface area (Å²) in [5, 5.41) is 34.3. The number of unbranched alkanes of at least 4 members (excludes halogenated alkanes) is 1. The van der Waals surface area contributed by atoms with Crippen LogP contribution in [0.15, 0.2) is 0 Å². The van der Waals surface area contributed by atoms with Gasteiger partial charge in [-0.1, -0.05) is 0 Å². The van der Waals surface area contributed by atoms with Crippen LogP contribution in [-0.4, -0.2) is 87.7 Å². The average Bonchev–Trinajstić information content (AvgIpc) is 2.69. The zero-order valence-corrected chi connectivity index (χ0v) is 18.2. The molecule has 0 aliphatic heterocycles. The minimum absolute atomic E-state index is 0.0561. The van der Waals surface area contributed by atoms with Gasteiger partial charge in [-0.05, 0) is 32.7 Å². The first-order valence-electron chi connectivity index (χ1n) is 10.1. The van der Waals surface area contributed by atoms with Crippen molar-refractivity contribution < 1.29 is 44.1 Å². The second kappa shape index (κ2) is 14.7. The largest absolute Gasteiger partial charge is 0.481 e. The molecule has 0 fully saturated rings. The normalized spacial score (nSPS) is 15.3. The molecule has 15 heteroatoms. The van der Waals surface area contributed by atoms with Crippen LogP contribution in [-0.2, 0) is 28.8 Å². The van der Waals surface area contributed by atoms with Crippen LogP contribution in [0, 0.1) is 0 Å². The Labute approximate surface area is 189 Å². The van der Waals surface area contributed by atoms with Crippen molar-refractivity contribution in [3.8, 4) is 0 Å². The lowest BCUT2D eigenvalue weighted by atomic mass is 10.1. The smallest absolute Gasteiger partial charge is 0.326 e. The van der Waals surface area contributed by atoms with Crippen molar-refractivity contribution in [2.75, 3.05) is 6.54 Å². The maximum atomic E-state index is 12.6. The minimum Gasteiger partial charge on any atom is -0.481 e. The van der Waals surface area contributed by atoms with E-state index in [9.17, 15) is 39.0 Å². The molecule has 0 spiro atoms. The Bertz CT molecular complexity index is 730. The second-order valence-corrected chi connectivity index (χ2v) is 7.35. The number of carboxylic acids is 2. The van der Waals surface area contributed by atoms with E-state index in [1.54, 1.807) is 0 Å². The fraction of sp³-hybridized carbons (Fsp3) is 0.667. The molecule has 15 nitrogen and oxygen atoms in total. The molecule has 188 valence electrons. The SMILES string of the molecule is CC(O)C(NC(=O)C(CC(N)=O)NC(=O)C(N)CC(=O)O)C(=O)NC(CCCCN)C(=O)O. The number of aliphatic carboxylic acids is 2. The third kappa shape index (κ3) is 11.8. The minimum atomic E-state index is -1.64. The summed E-state index contributed by atoms with van der Waals surface area (Å²) in [5.74, 6) is -6.92. The summed E-state index contributed by atoms with van der Waals surface area (Å²) in [6.07, 6.45) is -1.98. The Balaban J connectivity index is 5.39. The molecular formula is C18H32N6O9. The molecule has 0 heterocycles.